The van der Waals surface area contributed by atoms with Gasteiger partial charge in [-0.3, -0.25) is 9.59 Å². The van der Waals surface area contributed by atoms with Crippen molar-refractivity contribution in [2.45, 2.75) is 19.8 Å². The molecule has 1 N–H and O–H groups in total. The van der Waals surface area contributed by atoms with Crippen LogP contribution in [0.4, 0.5) is 11.4 Å². The van der Waals surface area contributed by atoms with Crippen LogP contribution in [0.1, 0.15) is 30.1 Å². The fourth-order valence-corrected chi connectivity index (χ4v) is 3.89. The first-order chi connectivity index (χ1) is 15.0. The van der Waals surface area contributed by atoms with E-state index in [0.29, 0.717) is 47.3 Å². The van der Waals surface area contributed by atoms with Crippen LogP contribution in [0, 0.1) is 0 Å². The summed E-state index contributed by atoms with van der Waals surface area (Å²) >= 11 is 6.52. The number of carbonyl (C=O) groups excluding carboxylic acids is 2. The van der Waals surface area contributed by atoms with Crippen LogP contribution >= 0.6 is 11.6 Å². The van der Waals surface area contributed by atoms with Crippen molar-refractivity contribution in [3.05, 3.63) is 47.0 Å². The highest BCUT2D eigenvalue weighted by atomic mass is 35.5. The maximum Gasteiger partial charge on any atom is 0.255 e. The summed E-state index contributed by atoms with van der Waals surface area (Å²) in [4.78, 5) is 28.8. The summed E-state index contributed by atoms with van der Waals surface area (Å²) in [6, 6.07) is 10.5. The van der Waals surface area contributed by atoms with Crippen molar-refractivity contribution in [1.82, 2.24) is 4.90 Å². The van der Waals surface area contributed by atoms with E-state index < -0.39 is 0 Å². The van der Waals surface area contributed by atoms with E-state index in [0.717, 1.165) is 25.2 Å². The molecule has 0 bridgehead atoms. The number of benzene rings is 2. The highest BCUT2D eigenvalue weighted by molar-refractivity contribution is 6.33. The Morgan fingerprint density at radius 1 is 1.00 bits per heavy atom. The van der Waals surface area contributed by atoms with Crippen LogP contribution in [-0.4, -0.2) is 57.1 Å². The van der Waals surface area contributed by atoms with Crippen molar-refractivity contribution in [2.24, 2.45) is 0 Å². The Morgan fingerprint density at radius 2 is 1.71 bits per heavy atom. The van der Waals surface area contributed by atoms with Crippen molar-refractivity contribution in [3.8, 4) is 11.5 Å². The fraction of sp³-hybridized carbons (Fsp3) is 0.391. The van der Waals surface area contributed by atoms with Crippen molar-refractivity contribution >= 4 is 34.8 Å². The van der Waals surface area contributed by atoms with Gasteiger partial charge in [0.25, 0.3) is 5.91 Å². The molecule has 3 rings (SSSR count). The number of ether oxygens (including phenoxy) is 2. The lowest BCUT2D eigenvalue weighted by Crippen LogP contribution is -2.48. The summed E-state index contributed by atoms with van der Waals surface area (Å²) in [7, 11) is 3.07. The van der Waals surface area contributed by atoms with Gasteiger partial charge >= 0.3 is 0 Å². The van der Waals surface area contributed by atoms with Gasteiger partial charge in [0, 0.05) is 43.9 Å². The van der Waals surface area contributed by atoms with Crippen molar-refractivity contribution in [3.63, 3.8) is 0 Å². The zero-order valence-corrected chi connectivity index (χ0v) is 18.9. The van der Waals surface area contributed by atoms with E-state index in [1.807, 2.05) is 24.0 Å². The monoisotopic (exact) mass is 445 g/mol. The first kappa shape index (κ1) is 22.7. The molecule has 1 aliphatic rings. The van der Waals surface area contributed by atoms with Crippen LogP contribution in [0.25, 0.3) is 0 Å². The molecule has 0 saturated carbocycles. The molecule has 0 radical (unpaired) electrons. The first-order valence-electron chi connectivity index (χ1n) is 10.3. The largest absolute Gasteiger partial charge is 0.493 e. The van der Waals surface area contributed by atoms with Gasteiger partial charge in [-0.15, -0.1) is 0 Å². The third-order valence-electron chi connectivity index (χ3n) is 5.29. The van der Waals surface area contributed by atoms with E-state index in [-0.39, 0.29) is 11.8 Å². The molecule has 2 amide bonds. The van der Waals surface area contributed by atoms with Gasteiger partial charge in [0.1, 0.15) is 0 Å². The summed E-state index contributed by atoms with van der Waals surface area (Å²) in [5.41, 5.74) is 1.95. The van der Waals surface area contributed by atoms with E-state index in [2.05, 4.69) is 10.2 Å². The Labute approximate surface area is 187 Å². The van der Waals surface area contributed by atoms with Crippen LogP contribution in [-0.2, 0) is 4.79 Å². The van der Waals surface area contributed by atoms with Gasteiger partial charge in [-0.1, -0.05) is 18.5 Å². The van der Waals surface area contributed by atoms with Gasteiger partial charge in [0.15, 0.2) is 11.5 Å². The fourth-order valence-electron chi connectivity index (χ4n) is 3.59. The highest BCUT2D eigenvalue weighted by Gasteiger charge is 2.22. The standard InChI is InChI=1S/C23H28ClN3O4/c1-4-5-22(28)27-12-10-26(11-13-27)19-8-7-17(15-18(19)24)25-23(29)16-6-9-20(30-2)21(14-16)31-3/h6-9,14-15H,4-5,10-13H2,1-3H3,(H,25,29). The first-order valence-corrected chi connectivity index (χ1v) is 10.7. The van der Waals surface area contributed by atoms with Crippen LogP contribution in [0.2, 0.25) is 5.02 Å². The third kappa shape index (κ3) is 5.41. The Kier molecular flexibility index (Phi) is 7.63. The molecule has 2 aromatic rings. The van der Waals surface area contributed by atoms with Gasteiger partial charge in [0.05, 0.1) is 24.9 Å². The van der Waals surface area contributed by atoms with Gasteiger partial charge in [-0.25, -0.2) is 0 Å². The second kappa shape index (κ2) is 10.4. The van der Waals surface area contributed by atoms with Crippen LogP contribution < -0.4 is 19.7 Å². The summed E-state index contributed by atoms with van der Waals surface area (Å²) in [5.74, 6) is 0.984. The van der Waals surface area contributed by atoms with Crippen molar-refractivity contribution < 1.29 is 19.1 Å². The minimum Gasteiger partial charge on any atom is -0.493 e. The Hall–Kier alpha value is -2.93. The predicted molar refractivity (Wildman–Crippen MR) is 123 cm³/mol. The summed E-state index contributed by atoms with van der Waals surface area (Å²) < 4.78 is 10.5. The average molecular weight is 446 g/mol. The topological polar surface area (TPSA) is 71.1 Å². The molecule has 0 unspecified atom stereocenters. The molecule has 0 aliphatic carbocycles. The van der Waals surface area contributed by atoms with Crippen LogP contribution in [0.5, 0.6) is 11.5 Å². The third-order valence-corrected chi connectivity index (χ3v) is 5.59. The number of nitrogens with one attached hydrogen (secondary N) is 1. The number of carbonyl (C=O) groups is 2. The number of nitrogens with zero attached hydrogens (tertiary/aromatic N) is 2. The van der Waals surface area contributed by atoms with E-state index in [4.69, 9.17) is 21.1 Å². The maximum absolute atomic E-state index is 12.6. The number of methoxy groups -OCH3 is 2. The van der Waals surface area contributed by atoms with Gasteiger partial charge in [-0.05, 0) is 42.8 Å². The average Bonchev–Trinajstić information content (AvgIpc) is 2.79. The Balaban J connectivity index is 1.65. The lowest BCUT2D eigenvalue weighted by Gasteiger charge is -2.36. The van der Waals surface area contributed by atoms with Crippen molar-refractivity contribution in [2.75, 3.05) is 50.6 Å². The normalized spacial score (nSPS) is 13.7. The molecule has 7 nitrogen and oxygen atoms in total. The number of halogens is 1. The van der Waals surface area contributed by atoms with Crippen molar-refractivity contribution in [1.29, 1.82) is 0 Å². The van der Waals surface area contributed by atoms with Gasteiger partial charge < -0.3 is 24.6 Å². The minimum atomic E-state index is -0.271. The number of rotatable bonds is 7. The SMILES string of the molecule is CCCC(=O)N1CCN(c2ccc(NC(=O)c3ccc(OC)c(OC)c3)cc2Cl)CC1. The Bertz CT molecular complexity index is 942. The number of anilines is 2. The quantitative estimate of drug-likeness (QED) is 0.695. The lowest BCUT2D eigenvalue weighted by atomic mass is 10.1. The molecule has 31 heavy (non-hydrogen) atoms. The molecule has 8 heteroatoms. The zero-order valence-electron chi connectivity index (χ0n) is 18.1. The Morgan fingerprint density at radius 3 is 2.32 bits per heavy atom. The molecule has 2 aromatic carbocycles. The second-order valence-electron chi connectivity index (χ2n) is 7.31. The number of hydrogen-bond donors (Lipinski definition) is 1. The number of piperazine rings is 1. The molecule has 0 aromatic heterocycles. The van der Waals surface area contributed by atoms with Crippen LogP contribution in [0.3, 0.4) is 0 Å². The van der Waals surface area contributed by atoms with Gasteiger partial charge in [0.2, 0.25) is 5.91 Å². The molecule has 0 atom stereocenters. The zero-order chi connectivity index (χ0) is 22.4. The molecule has 1 aliphatic heterocycles. The summed E-state index contributed by atoms with van der Waals surface area (Å²) in [6.07, 6.45) is 1.45. The predicted octanol–water partition coefficient (Wildman–Crippen LogP) is 4.06. The molecule has 0 spiro atoms. The molecule has 1 saturated heterocycles. The molecular formula is C23H28ClN3O4. The maximum atomic E-state index is 12.6. The molecule has 166 valence electrons. The molecule has 1 heterocycles. The van der Waals surface area contributed by atoms with E-state index in [1.165, 1.54) is 7.11 Å². The molecule has 1 fully saturated rings. The summed E-state index contributed by atoms with van der Waals surface area (Å²) in [5, 5.41) is 3.42. The number of amides is 2. The lowest BCUT2D eigenvalue weighted by molar-refractivity contribution is -0.131. The van der Waals surface area contributed by atoms with Gasteiger partial charge in [-0.2, -0.15) is 0 Å². The smallest absolute Gasteiger partial charge is 0.255 e. The van der Waals surface area contributed by atoms with E-state index in [1.54, 1.807) is 31.4 Å². The minimum absolute atomic E-state index is 0.210. The highest BCUT2D eigenvalue weighted by Crippen LogP contribution is 2.31. The summed E-state index contributed by atoms with van der Waals surface area (Å²) in [6.45, 7) is 4.85. The van der Waals surface area contributed by atoms with Crippen LogP contribution in [0.15, 0.2) is 36.4 Å². The van der Waals surface area contributed by atoms with E-state index >= 15 is 0 Å². The second-order valence-corrected chi connectivity index (χ2v) is 7.72. The molecular weight excluding hydrogens is 418 g/mol. The van der Waals surface area contributed by atoms with E-state index in [9.17, 15) is 9.59 Å². The number of hydrogen-bond acceptors (Lipinski definition) is 5.